The lowest BCUT2D eigenvalue weighted by Gasteiger charge is -2.24. The van der Waals surface area contributed by atoms with Crippen LogP contribution in [-0.4, -0.2) is 69.6 Å². The number of amides is 1. The van der Waals surface area contributed by atoms with Gasteiger partial charge in [-0.3, -0.25) is 0 Å². The molecule has 21 heavy (non-hydrogen) atoms. The maximum absolute atomic E-state index is 11.7. The van der Waals surface area contributed by atoms with Crippen molar-refractivity contribution >= 4 is 12.1 Å². The first kappa shape index (κ1) is 19.7. The van der Waals surface area contributed by atoms with E-state index in [0.717, 1.165) is 6.54 Å². The van der Waals surface area contributed by atoms with Crippen LogP contribution in [0.2, 0.25) is 0 Å². The van der Waals surface area contributed by atoms with Crippen molar-refractivity contribution in [1.82, 2.24) is 10.2 Å². The zero-order valence-electron chi connectivity index (χ0n) is 13.9. The van der Waals surface area contributed by atoms with Crippen molar-refractivity contribution in [2.24, 2.45) is 0 Å². The summed E-state index contributed by atoms with van der Waals surface area (Å²) in [5, 5.41) is 2.54. The van der Waals surface area contributed by atoms with Gasteiger partial charge in [0.25, 0.3) is 0 Å². The molecule has 1 amide bonds. The lowest BCUT2D eigenvalue weighted by Crippen LogP contribution is -2.45. The molecule has 1 N–H and O–H groups in total. The number of hydrogen-bond donors (Lipinski definition) is 1. The van der Waals surface area contributed by atoms with Crippen molar-refractivity contribution < 1.29 is 23.8 Å². The summed E-state index contributed by atoms with van der Waals surface area (Å²) in [6, 6.07) is -0.727. The van der Waals surface area contributed by atoms with Crippen LogP contribution in [0.3, 0.4) is 0 Å². The molecule has 0 unspecified atom stereocenters. The number of ether oxygens (including phenoxy) is 3. The zero-order chi connectivity index (χ0) is 16.5. The number of nitrogens with one attached hydrogen (secondary N) is 1. The Labute approximate surface area is 126 Å². The lowest BCUT2D eigenvalue weighted by molar-refractivity contribution is -0.143. The highest BCUT2D eigenvalue weighted by Crippen LogP contribution is 2.07. The Hall–Kier alpha value is -1.34. The second-order valence-corrected chi connectivity index (χ2v) is 5.81. The van der Waals surface area contributed by atoms with E-state index in [1.807, 2.05) is 11.9 Å². The van der Waals surface area contributed by atoms with E-state index >= 15 is 0 Å². The van der Waals surface area contributed by atoms with Gasteiger partial charge in [0.05, 0.1) is 13.7 Å². The van der Waals surface area contributed by atoms with E-state index < -0.39 is 23.7 Å². The molecule has 0 bridgehead atoms. The summed E-state index contributed by atoms with van der Waals surface area (Å²) in [6.07, 6.45) is -0.191. The molecule has 0 heterocycles. The van der Waals surface area contributed by atoms with Crippen molar-refractivity contribution in [1.29, 1.82) is 0 Å². The van der Waals surface area contributed by atoms with E-state index in [2.05, 4.69) is 5.32 Å². The summed E-state index contributed by atoms with van der Waals surface area (Å²) in [6.45, 7) is 7.27. The van der Waals surface area contributed by atoms with Crippen molar-refractivity contribution in [3.05, 3.63) is 0 Å². The zero-order valence-corrected chi connectivity index (χ0v) is 13.9. The van der Waals surface area contributed by atoms with Crippen LogP contribution in [0, 0.1) is 0 Å². The van der Waals surface area contributed by atoms with Crippen molar-refractivity contribution in [3.8, 4) is 0 Å². The smallest absolute Gasteiger partial charge is 0.408 e. The van der Waals surface area contributed by atoms with Gasteiger partial charge in [0.2, 0.25) is 0 Å². The number of carbonyl (C=O) groups is 2. The van der Waals surface area contributed by atoms with Gasteiger partial charge >= 0.3 is 12.1 Å². The number of esters is 1. The molecule has 0 rings (SSSR count). The minimum absolute atomic E-state index is 0.437. The third-order valence-electron chi connectivity index (χ3n) is 2.65. The largest absolute Gasteiger partial charge is 0.467 e. The van der Waals surface area contributed by atoms with Crippen LogP contribution < -0.4 is 5.32 Å². The number of hydrogen-bond acceptors (Lipinski definition) is 6. The van der Waals surface area contributed by atoms with E-state index in [0.29, 0.717) is 19.6 Å². The molecular weight excluding hydrogens is 276 g/mol. The monoisotopic (exact) mass is 304 g/mol. The minimum atomic E-state index is -0.727. The Morgan fingerprint density at radius 1 is 1.19 bits per heavy atom. The van der Waals surface area contributed by atoms with Crippen LogP contribution in [0.15, 0.2) is 0 Å². The van der Waals surface area contributed by atoms with Crippen LogP contribution in [0.5, 0.6) is 0 Å². The third kappa shape index (κ3) is 10.1. The second kappa shape index (κ2) is 9.57. The fourth-order valence-corrected chi connectivity index (χ4v) is 1.55. The van der Waals surface area contributed by atoms with Gasteiger partial charge in [0.1, 0.15) is 11.6 Å². The van der Waals surface area contributed by atoms with E-state index in [4.69, 9.17) is 14.2 Å². The summed E-state index contributed by atoms with van der Waals surface area (Å²) >= 11 is 0. The number of nitrogens with zero attached hydrogens (tertiary/aromatic N) is 1. The fraction of sp³-hybridized carbons (Fsp3) is 0.857. The van der Waals surface area contributed by atoms with Gasteiger partial charge in [0, 0.05) is 20.2 Å². The molecule has 0 fully saturated rings. The molecule has 0 aromatic carbocycles. The number of methoxy groups -OCH3 is 2. The maximum Gasteiger partial charge on any atom is 0.408 e. The Bertz CT molecular complexity index is 328. The number of rotatable bonds is 8. The molecule has 0 aliphatic rings. The summed E-state index contributed by atoms with van der Waals surface area (Å²) in [5.41, 5.74) is -0.611. The molecule has 0 radical (unpaired) electrons. The molecule has 0 spiro atoms. The lowest BCUT2D eigenvalue weighted by atomic mass is 10.2. The number of alkyl carbamates (subject to hydrolysis) is 1. The highest BCUT2D eigenvalue weighted by atomic mass is 16.6. The van der Waals surface area contributed by atoms with Crippen LogP contribution in [0.4, 0.5) is 4.79 Å². The standard InChI is InChI=1S/C14H28N2O5/c1-14(2,3)21-13(18)15-11(12(17)20-6)7-8-16(4)9-10-19-5/h11H,7-10H2,1-6H3,(H,15,18)/t11-/m0/s1. The summed E-state index contributed by atoms with van der Waals surface area (Å²) in [5.74, 6) is -0.485. The molecule has 0 aliphatic heterocycles. The minimum Gasteiger partial charge on any atom is -0.467 e. The molecule has 0 aliphatic carbocycles. The molecule has 1 atom stereocenters. The molecule has 0 aromatic heterocycles. The van der Waals surface area contributed by atoms with Gasteiger partial charge in [-0.05, 0) is 34.2 Å². The van der Waals surface area contributed by atoms with Crippen molar-refractivity contribution in [3.63, 3.8) is 0 Å². The first-order valence-corrected chi connectivity index (χ1v) is 6.94. The first-order valence-electron chi connectivity index (χ1n) is 6.94. The summed E-state index contributed by atoms with van der Waals surface area (Å²) < 4.78 is 14.8. The quantitative estimate of drug-likeness (QED) is 0.675. The molecule has 7 nitrogen and oxygen atoms in total. The summed E-state index contributed by atoms with van der Waals surface area (Å²) in [7, 11) is 4.84. The van der Waals surface area contributed by atoms with Crippen molar-refractivity contribution in [2.45, 2.75) is 38.8 Å². The van der Waals surface area contributed by atoms with Gasteiger partial charge in [-0.15, -0.1) is 0 Å². The first-order chi connectivity index (χ1) is 9.69. The third-order valence-corrected chi connectivity index (χ3v) is 2.65. The van der Waals surface area contributed by atoms with Crippen LogP contribution in [0.25, 0.3) is 0 Å². The molecule has 7 heteroatoms. The van der Waals surface area contributed by atoms with Gasteiger partial charge in [-0.25, -0.2) is 9.59 Å². The van der Waals surface area contributed by atoms with Gasteiger partial charge in [-0.2, -0.15) is 0 Å². The normalized spacial score (nSPS) is 12.9. The molecular formula is C14H28N2O5. The number of likely N-dealkylation sites (N-methyl/N-ethyl adjacent to an activating group) is 1. The second-order valence-electron chi connectivity index (χ2n) is 5.81. The topological polar surface area (TPSA) is 77.1 Å². The average molecular weight is 304 g/mol. The van der Waals surface area contributed by atoms with E-state index in [-0.39, 0.29) is 0 Å². The molecule has 0 saturated carbocycles. The Kier molecular flexibility index (Phi) is 8.96. The SMILES string of the molecule is COCCN(C)CC[C@H](NC(=O)OC(C)(C)C)C(=O)OC. The van der Waals surface area contributed by atoms with Gasteiger partial charge in [0.15, 0.2) is 0 Å². The van der Waals surface area contributed by atoms with E-state index in [9.17, 15) is 9.59 Å². The fourth-order valence-electron chi connectivity index (χ4n) is 1.55. The highest BCUT2D eigenvalue weighted by Gasteiger charge is 2.25. The number of carbonyl (C=O) groups excluding carboxylic acids is 2. The van der Waals surface area contributed by atoms with Crippen LogP contribution in [-0.2, 0) is 19.0 Å². The van der Waals surface area contributed by atoms with Crippen LogP contribution >= 0.6 is 0 Å². The highest BCUT2D eigenvalue weighted by molar-refractivity contribution is 5.81. The maximum atomic E-state index is 11.7. The van der Waals surface area contributed by atoms with Gasteiger partial charge in [-0.1, -0.05) is 0 Å². The average Bonchev–Trinajstić information content (AvgIpc) is 2.37. The van der Waals surface area contributed by atoms with Crippen molar-refractivity contribution in [2.75, 3.05) is 41.0 Å². The predicted octanol–water partition coefficient (Wildman–Crippen LogP) is 1.02. The Balaban J connectivity index is 4.40. The molecule has 0 aromatic rings. The van der Waals surface area contributed by atoms with Gasteiger partial charge < -0.3 is 24.4 Å². The molecule has 0 saturated heterocycles. The van der Waals surface area contributed by atoms with Crippen LogP contribution in [0.1, 0.15) is 27.2 Å². The van der Waals surface area contributed by atoms with E-state index in [1.54, 1.807) is 27.9 Å². The Morgan fingerprint density at radius 3 is 2.29 bits per heavy atom. The summed E-state index contributed by atoms with van der Waals surface area (Å²) in [4.78, 5) is 25.4. The van der Waals surface area contributed by atoms with E-state index in [1.165, 1.54) is 7.11 Å². The Morgan fingerprint density at radius 2 is 1.81 bits per heavy atom. The predicted molar refractivity (Wildman–Crippen MR) is 79.2 cm³/mol. The molecule has 124 valence electrons.